The highest BCUT2D eigenvalue weighted by Gasteiger charge is 2.12. The number of benzene rings is 2. The van der Waals surface area contributed by atoms with E-state index in [0.717, 1.165) is 23.9 Å². The number of aryl methyl sites for hydroxylation is 1. The number of halogens is 2. The Hall–Kier alpha value is -2.94. The summed E-state index contributed by atoms with van der Waals surface area (Å²) in [6.45, 7) is -0.818. The lowest BCUT2D eigenvalue weighted by molar-refractivity contribution is -0.113. The number of ether oxygens (including phenoxy) is 1. The van der Waals surface area contributed by atoms with Crippen LogP contribution in [0.1, 0.15) is 12.5 Å². The lowest BCUT2D eigenvalue weighted by Gasteiger charge is -2.05. The van der Waals surface area contributed by atoms with Crippen molar-refractivity contribution in [1.82, 2.24) is 10.2 Å². The number of amides is 1. The van der Waals surface area contributed by atoms with Crippen LogP contribution in [0.2, 0.25) is 0 Å². The highest BCUT2D eigenvalue weighted by molar-refractivity contribution is 7.99. The largest absolute Gasteiger partial charge is 0.435 e. The molecule has 2 aromatic carbocycles. The Bertz CT molecular complexity index is 915. The minimum absolute atomic E-state index is 0.0384. The van der Waals surface area contributed by atoms with Gasteiger partial charge in [0.1, 0.15) is 5.75 Å². The summed E-state index contributed by atoms with van der Waals surface area (Å²) in [5.41, 5.74) is 2.47. The molecule has 1 amide bonds. The summed E-state index contributed by atoms with van der Waals surface area (Å²) in [5, 5.41) is 10.8. The third-order valence-electron chi connectivity index (χ3n) is 3.71. The van der Waals surface area contributed by atoms with Crippen molar-refractivity contribution < 1.29 is 22.7 Å². The smallest absolute Gasteiger partial charge is 0.387 e. The zero-order valence-electron chi connectivity index (χ0n) is 14.9. The first kappa shape index (κ1) is 19.8. The standard InChI is InChI=1S/C19H17F2N3O3S/c1-2-12-3-7-14(8-4-12)22-16(25)11-28-19-24-23-17(27-19)13-5-9-15(10-6-13)26-18(20)21/h3-10,18H,2,11H2,1H3,(H,22,25). The van der Waals surface area contributed by atoms with Crippen LogP contribution in [0, 0.1) is 0 Å². The third-order valence-corrected chi connectivity index (χ3v) is 4.52. The van der Waals surface area contributed by atoms with Gasteiger partial charge in [-0.15, -0.1) is 10.2 Å². The number of nitrogens with one attached hydrogen (secondary N) is 1. The molecule has 28 heavy (non-hydrogen) atoms. The fourth-order valence-electron chi connectivity index (χ4n) is 2.31. The molecule has 0 fully saturated rings. The number of hydrogen-bond donors (Lipinski definition) is 1. The molecule has 3 aromatic rings. The molecule has 0 saturated heterocycles. The van der Waals surface area contributed by atoms with Crippen LogP contribution in [-0.4, -0.2) is 28.5 Å². The average molecular weight is 405 g/mol. The maximum absolute atomic E-state index is 12.2. The molecule has 0 aliphatic heterocycles. The highest BCUT2D eigenvalue weighted by atomic mass is 32.2. The van der Waals surface area contributed by atoms with Crippen LogP contribution in [0.4, 0.5) is 14.5 Å². The molecule has 6 nitrogen and oxygen atoms in total. The molecule has 146 valence electrons. The number of nitrogens with zero attached hydrogens (tertiary/aromatic N) is 2. The summed E-state index contributed by atoms with van der Waals surface area (Å²) in [5.74, 6) is 0.180. The van der Waals surface area contributed by atoms with E-state index in [0.29, 0.717) is 5.56 Å². The zero-order chi connectivity index (χ0) is 19.9. The van der Waals surface area contributed by atoms with Crippen molar-refractivity contribution in [3.05, 3.63) is 54.1 Å². The summed E-state index contributed by atoms with van der Waals surface area (Å²) in [7, 11) is 0. The molecule has 1 heterocycles. The Kier molecular flexibility index (Phi) is 6.59. The molecule has 0 radical (unpaired) electrons. The molecule has 0 aliphatic rings. The van der Waals surface area contributed by atoms with Gasteiger partial charge in [0.25, 0.3) is 5.22 Å². The molecule has 0 spiro atoms. The van der Waals surface area contributed by atoms with E-state index < -0.39 is 6.61 Å². The van der Waals surface area contributed by atoms with E-state index in [2.05, 4.69) is 27.2 Å². The van der Waals surface area contributed by atoms with Gasteiger partial charge in [0, 0.05) is 11.3 Å². The number of carbonyl (C=O) groups is 1. The van der Waals surface area contributed by atoms with Gasteiger partial charge < -0.3 is 14.5 Å². The Morgan fingerprint density at radius 3 is 2.50 bits per heavy atom. The van der Waals surface area contributed by atoms with Crippen molar-refractivity contribution in [1.29, 1.82) is 0 Å². The molecular formula is C19H17F2N3O3S. The molecule has 1 N–H and O–H groups in total. The van der Waals surface area contributed by atoms with Gasteiger partial charge >= 0.3 is 6.61 Å². The first-order valence-electron chi connectivity index (χ1n) is 8.44. The fraction of sp³-hybridized carbons (Fsp3) is 0.211. The van der Waals surface area contributed by atoms with E-state index in [1.165, 1.54) is 29.8 Å². The Morgan fingerprint density at radius 1 is 1.14 bits per heavy atom. The Balaban J connectivity index is 1.53. The highest BCUT2D eigenvalue weighted by Crippen LogP contribution is 2.25. The number of aromatic nitrogens is 2. The van der Waals surface area contributed by atoms with Gasteiger partial charge in [-0.3, -0.25) is 4.79 Å². The molecule has 9 heteroatoms. The Morgan fingerprint density at radius 2 is 1.86 bits per heavy atom. The summed E-state index contributed by atoms with van der Waals surface area (Å²) in [6.07, 6.45) is 0.936. The lowest BCUT2D eigenvalue weighted by atomic mass is 10.1. The molecule has 0 bridgehead atoms. The summed E-state index contributed by atoms with van der Waals surface area (Å²) < 4.78 is 34.1. The average Bonchev–Trinajstić information content (AvgIpc) is 3.16. The van der Waals surface area contributed by atoms with Crippen LogP contribution in [0.15, 0.2) is 58.2 Å². The zero-order valence-corrected chi connectivity index (χ0v) is 15.7. The van der Waals surface area contributed by atoms with Crippen LogP contribution < -0.4 is 10.1 Å². The number of thioether (sulfide) groups is 1. The van der Waals surface area contributed by atoms with Crippen LogP contribution >= 0.6 is 11.8 Å². The predicted octanol–water partition coefficient (Wildman–Crippen LogP) is 4.63. The molecule has 0 aliphatic carbocycles. The predicted molar refractivity (Wildman–Crippen MR) is 102 cm³/mol. The van der Waals surface area contributed by atoms with Crippen LogP contribution in [0.5, 0.6) is 5.75 Å². The topological polar surface area (TPSA) is 77.2 Å². The van der Waals surface area contributed by atoms with Crippen LogP contribution in [0.25, 0.3) is 11.5 Å². The number of anilines is 1. The van der Waals surface area contributed by atoms with E-state index >= 15 is 0 Å². The van der Waals surface area contributed by atoms with Gasteiger partial charge in [0.2, 0.25) is 11.8 Å². The van der Waals surface area contributed by atoms with Crippen molar-refractivity contribution in [2.75, 3.05) is 11.1 Å². The lowest BCUT2D eigenvalue weighted by Crippen LogP contribution is -2.13. The monoisotopic (exact) mass is 405 g/mol. The fourth-order valence-corrected chi connectivity index (χ4v) is 2.88. The summed E-state index contributed by atoms with van der Waals surface area (Å²) in [6, 6.07) is 13.5. The van der Waals surface area contributed by atoms with E-state index in [-0.39, 0.29) is 28.5 Å². The van der Waals surface area contributed by atoms with E-state index in [9.17, 15) is 13.6 Å². The van der Waals surface area contributed by atoms with E-state index in [4.69, 9.17) is 4.42 Å². The second kappa shape index (κ2) is 9.32. The minimum atomic E-state index is -2.88. The third kappa shape index (κ3) is 5.53. The number of rotatable bonds is 8. The number of alkyl halides is 2. The first-order valence-corrected chi connectivity index (χ1v) is 9.42. The molecule has 0 atom stereocenters. The van der Waals surface area contributed by atoms with Crippen molar-refractivity contribution in [3.8, 4) is 17.2 Å². The van der Waals surface area contributed by atoms with Crippen LogP contribution in [-0.2, 0) is 11.2 Å². The Labute approximate surface area is 164 Å². The van der Waals surface area contributed by atoms with Gasteiger partial charge in [-0.05, 0) is 48.4 Å². The number of carbonyl (C=O) groups excluding carboxylic acids is 1. The molecule has 0 unspecified atom stereocenters. The van der Waals surface area contributed by atoms with E-state index in [1.54, 1.807) is 0 Å². The molecule has 3 rings (SSSR count). The van der Waals surface area contributed by atoms with Gasteiger partial charge in [-0.2, -0.15) is 8.78 Å². The summed E-state index contributed by atoms with van der Waals surface area (Å²) >= 11 is 1.11. The van der Waals surface area contributed by atoms with Crippen molar-refractivity contribution in [2.24, 2.45) is 0 Å². The first-order chi connectivity index (χ1) is 13.5. The minimum Gasteiger partial charge on any atom is -0.435 e. The van der Waals surface area contributed by atoms with Gasteiger partial charge in [0.15, 0.2) is 0 Å². The molecular weight excluding hydrogens is 388 g/mol. The van der Waals surface area contributed by atoms with Crippen LogP contribution in [0.3, 0.4) is 0 Å². The normalized spacial score (nSPS) is 10.9. The maximum Gasteiger partial charge on any atom is 0.387 e. The molecule has 1 aromatic heterocycles. The van der Waals surface area contributed by atoms with Crippen molar-refractivity contribution in [2.45, 2.75) is 25.2 Å². The number of hydrogen-bond acceptors (Lipinski definition) is 6. The van der Waals surface area contributed by atoms with Gasteiger partial charge in [-0.1, -0.05) is 30.8 Å². The van der Waals surface area contributed by atoms with Gasteiger partial charge in [-0.25, -0.2) is 0 Å². The second-order valence-corrected chi connectivity index (χ2v) is 6.59. The molecule has 0 saturated carbocycles. The van der Waals surface area contributed by atoms with E-state index in [1.807, 2.05) is 24.3 Å². The second-order valence-electron chi connectivity index (χ2n) is 5.66. The van der Waals surface area contributed by atoms with Gasteiger partial charge in [0.05, 0.1) is 5.75 Å². The summed E-state index contributed by atoms with van der Waals surface area (Å²) in [4.78, 5) is 12.0. The quantitative estimate of drug-likeness (QED) is 0.551. The maximum atomic E-state index is 12.2. The SMILES string of the molecule is CCc1ccc(NC(=O)CSc2nnc(-c3ccc(OC(F)F)cc3)o2)cc1. The van der Waals surface area contributed by atoms with Crippen molar-refractivity contribution in [3.63, 3.8) is 0 Å². The van der Waals surface area contributed by atoms with Crippen molar-refractivity contribution >= 4 is 23.4 Å².